The van der Waals surface area contributed by atoms with Crippen LogP contribution in [-0.4, -0.2) is 59.7 Å². The summed E-state index contributed by atoms with van der Waals surface area (Å²) in [5.74, 6) is 1.48. The zero-order valence-electron chi connectivity index (χ0n) is 27.3. The molecule has 8 rings (SSSR count). The second-order valence-electron chi connectivity index (χ2n) is 11.5. The number of halogens is 2. The summed E-state index contributed by atoms with van der Waals surface area (Å²) in [6.07, 6.45) is 6.61. The van der Waals surface area contributed by atoms with Crippen LogP contribution in [0.3, 0.4) is 0 Å². The number of fused-ring (bicyclic) bond motifs is 2. The Morgan fingerprint density at radius 2 is 1.13 bits per heavy atom. The number of ether oxygens (including phenoxy) is 4. The predicted octanol–water partition coefficient (Wildman–Crippen LogP) is 7.89. The van der Waals surface area contributed by atoms with Gasteiger partial charge in [0, 0.05) is 45.3 Å². The molecule has 2 aromatic heterocycles. The first-order valence-electron chi connectivity index (χ1n) is 16.1. The Bertz CT molecular complexity index is 2340. The summed E-state index contributed by atoms with van der Waals surface area (Å²) in [4.78, 5) is 48.8. The van der Waals surface area contributed by atoms with E-state index in [1.807, 2.05) is 0 Å². The highest BCUT2D eigenvalue weighted by molar-refractivity contribution is 6.32. The standard InChI is InChI=1S/2C20H14ClNO4/c21-13-6-7-17(22-8-2-3-14(22)12-23)16(11-13)19(24)15-4-1-5-18-20(15)26-10-9-25-18;21-14-4-5-17(22-7-6-13(11-22)12-23)16(10-14)19(24)15-2-1-3-18-20(15)26-9-8-25-18/h1-8,11-12H,9-10H2;1-7,10-12H,8-9H2. The van der Waals surface area contributed by atoms with Gasteiger partial charge in [0.05, 0.1) is 28.2 Å². The van der Waals surface area contributed by atoms with Crippen LogP contribution < -0.4 is 18.9 Å². The predicted molar refractivity (Wildman–Crippen MR) is 194 cm³/mol. The van der Waals surface area contributed by atoms with Gasteiger partial charge in [-0.3, -0.25) is 19.2 Å². The fraction of sp³-hybridized carbons (Fsp3) is 0.100. The third-order valence-corrected chi connectivity index (χ3v) is 8.79. The van der Waals surface area contributed by atoms with E-state index in [9.17, 15) is 19.2 Å². The molecule has 12 heteroatoms. The van der Waals surface area contributed by atoms with Crippen LogP contribution in [0.4, 0.5) is 0 Å². The van der Waals surface area contributed by atoms with Crippen molar-refractivity contribution in [3.8, 4) is 34.4 Å². The average molecular weight is 736 g/mol. The molecule has 0 fully saturated rings. The van der Waals surface area contributed by atoms with E-state index in [2.05, 4.69) is 0 Å². The molecular weight excluding hydrogens is 707 g/mol. The van der Waals surface area contributed by atoms with Gasteiger partial charge in [0.2, 0.25) is 0 Å². The molecule has 0 bridgehead atoms. The van der Waals surface area contributed by atoms with Crippen molar-refractivity contribution < 1.29 is 38.1 Å². The summed E-state index contributed by atoms with van der Waals surface area (Å²) in [6, 6.07) is 25.6. The van der Waals surface area contributed by atoms with Gasteiger partial charge in [-0.15, -0.1) is 0 Å². The van der Waals surface area contributed by atoms with Crippen molar-refractivity contribution in [3.63, 3.8) is 0 Å². The number of ketones is 2. The highest BCUT2D eigenvalue weighted by Crippen LogP contribution is 2.37. The van der Waals surface area contributed by atoms with Crippen molar-refractivity contribution in [2.24, 2.45) is 0 Å². The molecule has 0 atom stereocenters. The van der Waals surface area contributed by atoms with Gasteiger partial charge < -0.3 is 28.1 Å². The summed E-state index contributed by atoms with van der Waals surface area (Å²) in [7, 11) is 0. The van der Waals surface area contributed by atoms with E-state index in [1.165, 1.54) is 0 Å². The monoisotopic (exact) mass is 734 g/mol. The fourth-order valence-electron chi connectivity index (χ4n) is 5.95. The van der Waals surface area contributed by atoms with Gasteiger partial charge in [-0.25, -0.2) is 0 Å². The van der Waals surface area contributed by atoms with Gasteiger partial charge in [-0.1, -0.05) is 35.3 Å². The zero-order valence-corrected chi connectivity index (χ0v) is 28.8. The number of benzene rings is 4. The summed E-state index contributed by atoms with van der Waals surface area (Å²) < 4.78 is 25.8. The molecule has 6 aromatic rings. The molecule has 0 saturated carbocycles. The molecule has 2 aliphatic rings. The summed E-state index contributed by atoms with van der Waals surface area (Å²) >= 11 is 12.3. The van der Waals surface area contributed by atoms with Crippen LogP contribution in [0.15, 0.2) is 110 Å². The Kier molecular flexibility index (Phi) is 9.92. The molecule has 0 spiro atoms. The Labute approximate surface area is 307 Å². The van der Waals surface area contributed by atoms with Gasteiger partial charge in [0.1, 0.15) is 26.4 Å². The van der Waals surface area contributed by atoms with E-state index >= 15 is 0 Å². The van der Waals surface area contributed by atoms with E-state index in [0.717, 1.165) is 12.6 Å². The van der Waals surface area contributed by atoms with Crippen molar-refractivity contribution >= 4 is 47.3 Å². The number of aromatic nitrogens is 2. The molecule has 2 aliphatic heterocycles. The van der Waals surface area contributed by atoms with Crippen molar-refractivity contribution in [2.45, 2.75) is 0 Å². The van der Waals surface area contributed by atoms with Crippen LogP contribution in [0.2, 0.25) is 10.0 Å². The molecule has 260 valence electrons. The number of aldehydes is 2. The second-order valence-corrected chi connectivity index (χ2v) is 12.4. The number of para-hydroxylation sites is 2. The molecule has 0 radical (unpaired) electrons. The molecule has 4 heterocycles. The normalized spacial score (nSPS) is 12.7. The minimum Gasteiger partial charge on any atom is -0.486 e. The first-order valence-corrected chi connectivity index (χ1v) is 16.8. The van der Waals surface area contributed by atoms with E-state index < -0.39 is 0 Å². The molecular formula is C40H28Cl2N2O8. The Morgan fingerprint density at radius 3 is 1.69 bits per heavy atom. The first-order chi connectivity index (χ1) is 25.4. The minimum atomic E-state index is -0.254. The van der Waals surface area contributed by atoms with Crippen LogP contribution >= 0.6 is 23.2 Å². The Balaban J connectivity index is 0.000000162. The molecule has 0 saturated heterocycles. The Morgan fingerprint density at radius 1 is 0.577 bits per heavy atom. The molecule has 10 nitrogen and oxygen atoms in total. The van der Waals surface area contributed by atoms with Gasteiger partial charge in [0.15, 0.2) is 47.1 Å². The average Bonchev–Trinajstić information content (AvgIpc) is 3.87. The van der Waals surface area contributed by atoms with Crippen LogP contribution in [0.25, 0.3) is 11.4 Å². The largest absolute Gasteiger partial charge is 0.486 e. The number of rotatable bonds is 8. The minimum absolute atomic E-state index is 0.230. The molecule has 0 unspecified atom stereocenters. The summed E-state index contributed by atoms with van der Waals surface area (Å²) in [5.41, 5.74) is 3.75. The fourth-order valence-corrected chi connectivity index (χ4v) is 6.30. The quantitative estimate of drug-likeness (QED) is 0.115. The summed E-state index contributed by atoms with van der Waals surface area (Å²) in [5, 5.41) is 0.876. The zero-order chi connectivity index (χ0) is 36.2. The Hall–Kier alpha value is -6.10. The number of carbonyl (C=O) groups excluding carboxylic acids is 4. The van der Waals surface area contributed by atoms with Crippen LogP contribution in [0, 0.1) is 0 Å². The maximum Gasteiger partial charge on any atom is 0.199 e. The number of hydrogen-bond donors (Lipinski definition) is 0. The van der Waals surface area contributed by atoms with E-state index in [-0.39, 0.29) is 11.6 Å². The SMILES string of the molecule is O=Cc1cccn1-c1ccc(Cl)cc1C(=O)c1cccc2c1OCCO2.O=Cc1ccn(-c2ccc(Cl)cc2C(=O)c2cccc3c2OCCO3)c1. The van der Waals surface area contributed by atoms with Crippen LogP contribution in [0.5, 0.6) is 23.0 Å². The molecule has 52 heavy (non-hydrogen) atoms. The maximum absolute atomic E-state index is 13.3. The number of carbonyl (C=O) groups is 4. The third kappa shape index (κ3) is 6.81. The maximum atomic E-state index is 13.3. The van der Waals surface area contributed by atoms with Crippen molar-refractivity contribution in [1.82, 2.24) is 9.13 Å². The lowest BCUT2D eigenvalue weighted by molar-refractivity contribution is 0.101. The molecule has 4 aromatic carbocycles. The smallest absolute Gasteiger partial charge is 0.199 e. The van der Waals surface area contributed by atoms with Crippen molar-refractivity contribution in [1.29, 1.82) is 0 Å². The lowest BCUT2D eigenvalue weighted by atomic mass is 10.00. The van der Waals surface area contributed by atoms with Crippen molar-refractivity contribution in [2.75, 3.05) is 26.4 Å². The summed E-state index contributed by atoms with van der Waals surface area (Å²) in [6.45, 7) is 1.66. The van der Waals surface area contributed by atoms with Crippen molar-refractivity contribution in [3.05, 3.63) is 153 Å². The highest BCUT2D eigenvalue weighted by atomic mass is 35.5. The number of nitrogens with zero attached hydrogens (tertiary/aromatic N) is 2. The highest BCUT2D eigenvalue weighted by Gasteiger charge is 2.25. The van der Waals surface area contributed by atoms with Crippen LogP contribution in [-0.2, 0) is 0 Å². The van der Waals surface area contributed by atoms with Crippen LogP contribution in [0.1, 0.15) is 52.7 Å². The van der Waals surface area contributed by atoms with Gasteiger partial charge >= 0.3 is 0 Å². The molecule has 0 amide bonds. The first kappa shape index (κ1) is 34.4. The number of hydrogen-bond acceptors (Lipinski definition) is 8. The van der Waals surface area contributed by atoms with Gasteiger partial charge in [-0.2, -0.15) is 0 Å². The van der Waals surface area contributed by atoms with E-state index in [4.69, 9.17) is 42.1 Å². The topological polar surface area (TPSA) is 115 Å². The lowest BCUT2D eigenvalue weighted by Crippen LogP contribution is -2.18. The molecule has 0 N–H and O–H groups in total. The van der Waals surface area contributed by atoms with E-state index in [1.54, 1.807) is 119 Å². The second kappa shape index (κ2) is 15.0. The van der Waals surface area contributed by atoms with Gasteiger partial charge in [-0.05, 0) is 78.9 Å². The van der Waals surface area contributed by atoms with Gasteiger partial charge in [0.25, 0.3) is 0 Å². The molecule has 0 aliphatic carbocycles. The van der Waals surface area contributed by atoms with E-state index in [0.29, 0.717) is 104 Å². The lowest BCUT2D eigenvalue weighted by Gasteiger charge is -2.21. The third-order valence-electron chi connectivity index (χ3n) is 8.32.